The Balaban J connectivity index is 1.51. The summed E-state index contributed by atoms with van der Waals surface area (Å²) in [5.74, 6) is 1.63. The van der Waals surface area contributed by atoms with Crippen LogP contribution in [0.2, 0.25) is 0 Å². The summed E-state index contributed by atoms with van der Waals surface area (Å²) in [7, 11) is 1.54. The van der Waals surface area contributed by atoms with Crippen LogP contribution in [0.4, 0.5) is 0 Å². The molecule has 8 nitrogen and oxygen atoms in total. The Morgan fingerprint density at radius 1 is 1.04 bits per heavy atom. The second kappa shape index (κ2) is 7.14. The van der Waals surface area contributed by atoms with Crippen molar-refractivity contribution in [2.75, 3.05) is 13.1 Å². The maximum atomic E-state index is 12.8. The van der Waals surface area contributed by atoms with Crippen LogP contribution in [0.5, 0.6) is 0 Å². The predicted octanol–water partition coefficient (Wildman–Crippen LogP) is 0.661. The van der Waals surface area contributed by atoms with Gasteiger partial charge in [-0.3, -0.25) is 9.59 Å². The van der Waals surface area contributed by atoms with Crippen LogP contribution in [0, 0.1) is 0 Å². The van der Waals surface area contributed by atoms with E-state index in [4.69, 9.17) is 0 Å². The fourth-order valence-electron chi connectivity index (χ4n) is 3.27. The lowest BCUT2D eigenvalue weighted by Gasteiger charge is -2.19. The molecule has 1 aliphatic heterocycles. The van der Waals surface area contributed by atoms with Gasteiger partial charge in [-0.2, -0.15) is 5.10 Å². The third kappa shape index (κ3) is 3.51. The van der Waals surface area contributed by atoms with Crippen molar-refractivity contribution in [3.8, 4) is 0 Å². The van der Waals surface area contributed by atoms with E-state index in [-0.39, 0.29) is 17.2 Å². The third-order valence-electron chi connectivity index (χ3n) is 4.77. The number of aromatic nitrogens is 5. The second-order valence-corrected chi connectivity index (χ2v) is 6.57. The smallest absolute Gasteiger partial charge is 0.274 e. The highest BCUT2D eigenvalue weighted by Gasteiger charge is 2.23. The molecule has 0 aliphatic carbocycles. The molecular weight excluding hydrogens is 344 g/mol. The Hall–Kier alpha value is -3.29. The van der Waals surface area contributed by atoms with E-state index < -0.39 is 0 Å². The lowest BCUT2D eigenvalue weighted by molar-refractivity contribution is 0.0750. The van der Waals surface area contributed by atoms with Gasteiger partial charge in [0, 0.05) is 45.6 Å². The van der Waals surface area contributed by atoms with Crippen molar-refractivity contribution < 1.29 is 4.79 Å². The summed E-state index contributed by atoms with van der Waals surface area (Å²) in [5, 5.41) is 12.7. The highest BCUT2D eigenvalue weighted by Crippen LogP contribution is 2.14. The highest BCUT2D eigenvalue weighted by atomic mass is 16.2. The van der Waals surface area contributed by atoms with Crippen LogP contribution in [0.1, 0.15) is 27.7 Å². The molecule has 3 aromatic rings. The largest absolute Gasteiger partial charge is 0.335 e. The Morgan fingerprint density at radius 2 is 1.85 bits per heavy atom. The molecule has 0 fully saturated rings. The first-order valence-electron chi connectivity index (χ1n) is 8.90. The van der Waals surface area contributed by atoms with E-state index in [1.807, 2.05) is 18.2 Å². The van der Waals surface area contributed by atoms with Crippen molar-refractivity contribution in [2.24, 2.45) is 7.05 Å². The highest BCUT2D eigenvalue weighted by molar-refractivity contribution is 5.92. The molecule has 0 saturated carbocycles. The number of aryl methyl sites for hydroxylation is 1. The SMILES string of the molecule is Cn1nc(C(=O)N2CCc3nnc(Cc4ccccc4)n3CC2)ccc1=O. The molecule has 3 heterocycles. The van der Waals surface area contributed by atoms with E-state index in [1.165, 1.54) is 22.4 Å². The first-order valence-corrected chi connectivity index (χ1v) is 8.90. The van der Waals surface area contributed by atoms with E-state index >= 15 is 0 Å². The number of hydrogen-bond acceptors (Lipinski definition) is 5. The summed E-state index contributed by atoms with van der Waals surface area (Å²) >= 11 is 0. The van der Waals surface area contributed by atoms with Gasteiger partial charge >= 0.3 is 0 Å². The van der Waals surface area contributed by atoms with Crippen molar-refractivity contribution in [3.63, 3.8) is 0 Å². The summed E-state index contributed by atoms with van der Waals surface area (Å²) in [4.78, 5) is 26.0. The molecule has 0 atom stereocenters. The summed E-state index contributed by atoms with van der Waals surface area (Å²) in [6, 6.07) is 13.0. The topological polar surface area (TPSA) is 85.9 Å². The number of carbonyl (C=O) groups excluding carboxylic acids is 1. The van der Waals surface area contributed by atoms with Gasteiger partial charge in [0.1, 0.15) is 17.3 Å². The maximum Gasteiger partial charge on any atom is 0.274 e. The van der Waals surface area contributed by atoms with Crippen LogP contribution < -0.4 is 5.56 Å². The number of benzene rings is 1. The third-order valence-corrected chi connectivity index (χ3v) is 4.77. The zero-order valence-corrected chi connectivity index (χ0v) is 15.1. The number of hydrogen-bond donors (Lipinski definition) is 0. The van der Waals surface area contributed by atoms with Crippen LogP contribution in [-0.4, -0.2) is 48.4 Å². The summed E-state index contributed by atoms with van der Waals surface area (Å²) < 4.78 is 3.28. The molecule has 1 amide bonds. The summed E-state index contributed by atoms with van der Waals surface area (Å²) in [5.41, 5.74) is 1.22. The van der Waals surface area contributed by atoms with Gasteiger partial charge in [-0.25, -0.2) is 4.68 Å². The maximum absolute atomic E-state index is 12.8. The first-order chi connectivity index (χ1) is 13.1. The average Bonchev–Trinajstić information content (AvgIpc) is 2.93. The lowest BCUT2D eigenvalue weighted by atomic mass is 10.1. The molecule has 1 aromatic carbocycles. The van der Waals surface area contributed by atoms with E-state index in [9.17, 15) is 9.59 Å². The lowest BCUT2D eigenvalue weighted by Crippen LogP contribution is -2.35. The van der Waals surface area contributed by atoms with Crippen LogP contribution >= 0.6 is 0 Å². The molecule has 2 aromatic heterocycles. The van der Waals surface area contributed by atoms with Crippen molar-refractivity contribution in [1.29, 1.82) is 0 Å². The molecule has 27 heavy (non-hydrogen) atoms. The van der Waals surface area contributed by atoms with Gasteiger partial charge in [0.05, 0.1) is 0 Å². The van der Waals surface area contributed by atoms with Crippen molar-refractivity contribution in [2.45, 2.75) is 19.4 Å². The molecular formula is C19H20N6O2. The second-order valence-electron chi connectivity index (χ2n) is 6.57. The number of amides is 1. The zero-order valence-electron chi connectivity index (χ0n) is 15.1. The van der Waals surface area contributed by atoms with Crippen LogP contribution in [-0.2, 0) is 26.4 Å². The molecule has 0 bridgehead atoms. The quantitative estimate of drug-likeness (QED) is 0.682. The van der Waals surface area contributed by atoms with Gasteiger partial charge < -0.3 is 9.47 Å². The molecule has 8 heteroatoms. The molecule has 0 radical (unpaired) electrons. The summed E-state index contributed by atoms with van der Waals surface area (Å²) in [6.45, 7) is 1.74. The van der Waals surface area contributed by atoms with E-state index in [2.05, 4.69) is 32.0 Å². The monoisotopic (exact) mass is 364 g/mol. The molecule has 4 rings (SSSR count). The van der Waals surface area contributed by atoms with Crippen LogP contribution in [0.25, 0.3) is 0 Å². The van der Waals surface area contributed by atoms with Gasteiger partial charge in [0.25, 0.3) is 11.5 Å². The van der Waals surface area contributed by atoms with Gasteiger partial charge in [-0.05, 0) is 11.6 Å². The fourth-order valence-corrected chi connectivity index (χ4v) is 3.27. The summed E-state index contributed by atoms with van der Waals surface area (Å²) in [6.07, 6.45) is 1.35. The standard InChI is InChI=1S/C19H20N6O2/c1-23-18(26)8-7-15(22-23)19(27)24-10-9-16-20-21-17(25(16)12-11-24)13-14-5-3-2-4-6-14/h2-8H,9-13H2,1H3. The van der Waals surface area contributed by atoms with Crippen LogP contribution in [0.15, 0.2) is 47.3 Å². The zero-order chi connectivity index (χ0) is 18.8. The molecule has 0 unspecified atom stereocenters. The minimum Gasteiger partial charge on any atom is -0.335 e. The Labute approximate surface area is 156 Å². The van der Waals surface area contributed by atoms with E-state index in [0.29, 0.717) is 32.5 Å². The molecule has 138 valence electrons. The van der Waals surface area contributed by atoms with Crippen molar-refractivity contribution in [1.82, 2.24) is 29.4 Å². The number of carbonyl (C=O) groups is 1. The van der Waals surface area contributed by atoms with Gasteiger partial charge in [0.15, 0.2) is 0 Å². The fraction of sp³-hybridized carbons (Fsp3) is 0.316. The normalized spacial score (nSPS) is 13.9. The minimum absolute atomic E-state index is 0.172. The van der Waals surface area contributed by atoms with Gasteiger partial charge in [-0.15, -0.1) is 10.2 Å². The Morgan fingerprint density at radius 3 is 2.63 bits per heavy atom. The van der Waals surface area contributed by atoms with E-state index in [0.717, 1.165) is 11.6 Å². The Bertz CT molecular complexity index is 1020. The predicted molar refractivity (Wildman–Crippen MR) is 98.4 cm³/mol. The van der Waals surface area contributed by atoms with E-state index in [1.54, 1.807) is 11.9 Å². The first kappa shape index (κ1) is 17.1. The Kier molecular flexibility index (Phi) is 4.53. The number of fused-ring (bicyclic) bond motifs is 1. The van der Waals surface area contributed by atoms with Crippen LogP contribution in [0.3, 0.4) is 0 Å². The minimum atomic E-state index is -0.237. The molecule has 0 saturated heterocycles. The molecule has 0 spiro atoms. The number of rotatable bonds is 3. The van der Waals surface area contributed by atoms with Gasteiger partial charge in [-0.1, -0.05) is 30.3 Å². The molecule has 0 N–H and O–H groups in total. The van der Waals surface area contributed by atoms with Crippen molar-refractivity contribution >= 4 is 5.91 Å². The van der Waals surface area contributed by atoms with Gasteiger partial charge in [0.2, 0.25) is 0 Å². The number of nitrogens with zero attached hydrogens (tertiary/aromatic N) is 6. The molecule has 1 aliphatic rings. The average molecular weight is 364 g/mol. The van der Waals surface area contributed by atoms with Crippen molar-refractivity contribution in [3.05, 3.63) is 75.7 Å².